The van der Waals surface area contributed by atoms with Crippen molar-refractivity contribution in [3.63, 3.8) is 0 Å². The van der Waals surface area contributed by atoms with Crippen molar-refractivity contribution in [2.75, 3.05) is 12.4 Å². The molecule has 0 aliphatic rings. The molecule has 2 aromatic carbocycles. The van der Waals surface area contributed by atoms with Gasteiger partial charge in [0.05, 0.1) is 7.11 Å². The number of methoxy groups -OCH3 is 1. The average Bonchev–Trinajstić information content (AvgIpc) is 3.13. The number of carbonyl (C=O) groups is 1. The first-order chi connectivity index (χ1) is 12.6. The summed E-state index contributed by atoms with van der Waals surface area (Å²) in [4.78, 5) is 12.4. The molecule has 1 heterocycles. The summed E-state index contributed by atoms with van der Waals surface area (Å²) in [5, 5.41) is 7.64. The van der Waals surface area contributed by atoms with E-state index in [-0.39, 0.29) is 12.6 Å². The topological polar surface area (TPSA) is 65.4 Å². The predicted octanol–water partition coefficient (Wildman–Crippen LogP) is 4.14. The first-order valence-corrected chi connectivity index (χ1v) is 8.31. The van der Waals surface area contributed by atoms with Gasteiger partial charge in [0.1, 0.15) is 11.5 Å². The molecule has 1 N–H and O–H groups in total. The highest BCUT2D eigenvalue weighted by Gasteiger charge is 2.12. The Morgan fingerprint density at radius 3 is 2.62 bits per heavy atom. The molecule has 134 valence electrons. The largest absolute Gasteiger partial charge is 0.497 e. The van der Waals surface area contributed by atoms with Gasteiger partial charge in [-0.25, -0.2) is 4.68 Å². The molecule has 0 spiro atoms. The van der Waals surface area contributed by atoms with Gasteiger partial charge in [0.2, 0.25) is 0 Å². The highest BCUT2D eigenvalue weighted by Crippen LogP contribution is 2.23. The number of amides is 1. The number of carbonyl (C=O) groups excluding carboxylic acids is 1. The number of hydrogen-bond acceptors (Lipinski definition) is 4. The van der Waals surface area contributed by atoms with E-state index in [1.807, 2.05) is 19.1 Å². The van der Waals surface area contributed by atoms with Crippen molar-refractivity contribution in [2.45, 2.75) is 13.7 Å². The first kappa shape index (κ1) is 17.8. The van der Waals surface area contributed by atoms with Crippen molar-refractivity contribution >= 4 is 23.2 Å². The van der Waals surface area contributed by atoms with Crippen LogP contribution in [0.3, 0.4) is 0 Å². The van der Waals surface area contributed by atoms with E-state index in [9.17, 15) is 4.79 Å². The maximum Gasteiger partial charge on any atom is 0.276 e. The molecular weight excluding hydrogens is 354 g/mol. The lowest BCUT2D eigenvalue weighted by Crippen LogP contribution is -2.15. The van der Waals surface area contributed by atoms with E-state index in [4.69, 9.17) is 21.1 Å². The summed E-state index contributed by atoms with van der Waals surface area (Å²) in [7, 11) is 1.61. The minimum Gasteiger partial charge on any atom is -0.497 e. The second-order valence-electron chi connectivity index (χ2n) is 5.56. The van der Waals surface area contributed by atoms with Gasteiger partial charge in [0.25, 0.3) is 5.91 Å². The van der Waals surface area contributed by atoms with E-state index in [0.717, 1.165) is 11.3 Å². The Labute approximate surface area is 156 Å². The molecule has 0 unspecified atom stereocenters. The van der Waals surface area contributed by atoms with E-state index in [0.29, 0.717) is 22.2 Å². The molecule has 1 amide bonds. The van der Waals surface area contributed by atoms with Crippen LogP contribution in [-0.4, -0.2) is 22.8 Å². The zero-order valence-corrected chi connectivity index (χ0v) is 15.2. The molecule has 0 saturated carbocycles. The smallest absolute Gasteiger partial charge is 0.276 e. The van der Waals surface area contributed by atoms with Gasteiger partial charge in [-0.05, 0) is 55.0 Å². The fourth-order valence-electron chi connectivity index (χ4n) is 2.30. The summed E-state index contributed by atoms with van der Waals surface area (Å²) in [6.07, 6.45) is 1.68. The molecule has 0 radical (unpaired) electrons. The maximum absolute atomic E-state index is 12.4. The number of aromatic nitrogens is 2. The highest BCUT2D eigenvalue weighted by molar-refractivity contribution is 6.31. The molecule has 26 heavy (non-hydrogen) atoms. The minimum absolute atomic E-state index is 0.190. The Kier molecular flexibility index (Phi) is 5.43. The number of nitrogens with one attached hydrogen (secondary N) is 1. The lowest BCUT2D eigenvalue weighted by atomic mass is 10.2. The third-order valence-corrected chi connectivity index (χ3v) is 4.22. The predicted molar refractivity (Wildman–Crippen MR) is 100.0 cm³/mol. The summed E-state index contributed by atoms with van der Waals surface area (Å²) >= 11 is 6.07. The van der Waals surface area contributed by atoms with Crippen LogP contribution in [0.15, 0.2) is 54.7 Å². The molecule has 7 heteroatoms. The Hall–Kier alpha value is -2.99. The van der Waals surface area contributed by atoms with E-state index in [2.05, 4.69) is 10.4 Å². The quantitative estimate of drug-likeness (QED) is 0.707. The number of rotatable bonds is 6. The molecule has 0 bridgehead atoms. The van der Waals surface area contributed by atoms with Gasteiger partial charge < -0.3 is 14.8 Å². The number of ether oxygens (including phenoxy) is 2. The molecule has 0 saturated heterocycles. The van der Waals surface area contributed by atoms with Gasteiger partial charge in [-0.1, -0.05) is 17.7 Å². The van der Waals surface area contributed by atoms with Gasteiger partial charge in [-0.3, -0.25) is 4.79 Å². The Bertz CT molecular complexity index is 907. The SMILES string of the molecule is COc1ccc(OCn2ccc(C(=O)Nc3cccc(Cl)c3C)n2)cc1. The molecule has 1 aromatic heterocycles. The van der Waals surface area contributed by atoms with E-state index in [1.54, 1.807) is 54.4 Å². The van der Waals surface area contributed by atoms with Gasteiger partial charge in [-0.2, -0.15) is 5.10 Å². The first-order valence-electron chi connectivity index (χ1n) is 7.93. The number of halogens is 1. The minimum atomic E-state index is -0.307. The Morgan fingerprint density at radius 2 is 1.88 bits per heavy atom. The van der Waals surface area contributed by atoms with E-state index < -0.39 is 0 Å². The lowest BCUT2D eigenvalue weighted by Gasteiger charge is -2.08. The van der Waals surface area contributed by atoms with Crippen molar-refractivity contribution in [3.8, 4) is 11.5 Å². The maximum atomic E-state index is 12.4. The van der Waals surface area contributed by atoms with Gasteiger partial charge in [0.15, 0.2) is 12.4 Å². The van der Waals surface area contributed by atoms with Gasteiger partial charge >= 0.3 is 0 Å². The van der Waals surface area contributed by atoms with Crippen LogP contribution in [0.25, 0.3) is 0 Å². The van der Waals surface area contributed by atoms with E-state index >= 15 is 0 Å². The van der Waals surface area contributed by atoms with Crippen LogP contribution < -0.4 is 14.8 Å². The Balaban J connectivity index is 1.61. The second-order valence-corrected chi connectivity index (χ2v) is 5.96. The van der Waals surface area contributed by atoms with Gasteiger partial charge in [-0.15, -0.1) is 0 Å². The van der Waals surface area contributed by atoms with E-state index in [1.165, 1.54) is 0 Å². The van der Waals surface area contributed by atoms with Crippen LogP contribution in [0.1, 0.15) is 16.1 Å². The molecular formula is C19H18ClN3O3. The summed E-state index contributed by atoms with van der Waals surface area (Å²) in [6, 6.07) is 14.2. The number of anilines is 1. The summed E-state index contributed by atoms with van der Waals surface area (Å²) in [6.45, 7) is 2.04. The summed E-state index contributed by atoms with van der Waals surface area (Å²) < 4.78 is 12.3. The summed E-state index contributed by atoms with van der Waals surface area (Å²) in [5.74, 6) is 1.13. The third-order valence-electron chi connectivity index (χ3n) is 3.81. The lowest BCUT2D eigenvalue weighted by molar-refractivity contribution is 0.102. The molecule has 3 rings (SSSR count). The molecule has 3 aromatic rings. The number of hydrogen-bond donors (Lipinski definition) is 1. The van der Waals surface area contributed by atoms with Crippen LogP contribution in [0.4, 0.5) is 5.69 Å². The molecule has 0 atom stereocenters. The fourth-order valence-corrected chi connectivity index (χ4v) is 2.47. The van der Waals surface area contributed by atoms with Crippen LogP contribution in [0.2, 0.25) is 5.02 Å². The van der Waals surface area contributed by atoms with Crippen molar-refractivity contribution < 1.29 is 14.3 Å². The molecule has 0 fully saturated rings. The zero-order valence-electron chi connectivity index (χ0n) is 14.4. The van der Waals surface area contributed by atoms with Crippen molar-refractivity contribution in [3.05, 3.63) is 71.0 Å². The van der Waals surface area contributed by atoms with Crippen molar-refractivity contribution in [2.24, 2.45) is 0 Å². The van der Waals surface area contributed by atoms with Crippen LogP contribution in [-0.2, 0) is 6.73 Å². The van der Waals surface area contributed by atoms with Crippen molar-refractivity contribution in [1.82, 2.24) is 9.78 Å². The average molecular weight is 372 g/mol. The van der Waals surface area contributed by atoms with Gasteiger partial charge in [0, 0.05) is 16.9 Å². The monoisotopic (exact) mass is 371 g/mol. The van der Waals surface area contributed by atoms with Crippen LogP contribution in [0.5, 0.6) is 11.5 Å². The van der Waals surface area contributed by atoms with Crippen LogP contribution in [0, 0.1) is 6.92 Å². The van der Waals surface area contributed by atoms with Crippen molar-refractivity contribution in [1.29, 1.82) is 0 Å². The Morgan fingerprint density at radius 1 is 1.15 bits per heavy atom. The summed E-state index contributed by atoms with van der Waals surface area (Å²) in [5.41, 5.74) is 1.76. The number of nitrogens with zero attached hydrogens (tertiary/aromatic N) is 2. The fraction of sp³-hybridized carbons (Fsp3) is 0.158. The van der Waals surface area contributed by atoms with Crippen LogP contribution >= 0.6 is 11.6 Å². The standard InChI is InChI=1S/C19H18ClN3O3/c1-13-16(20)4-3-5-17(13)21-19(24)18-10-11-23(22-18)12-26-15-8-6-14(25-2)7-9-15/h3-11H,12H2,1-2H3,(H,21,24). The highest BCUT2D eigenvalue weighted by atomic mass is 35.5. The second kappa shape index (κ2) is 7.93. The normalized spacial score (nSPS) is 10.4. The molecule has 0 aliphatic heterocycles. The molecule has 6 nitrogen and oxygen atoms in total. The molecule has 0 aliphatic carbocycles. The zero-order chi connectivity index (χ0) is 18.5. The third kappa shape index (κ3) is 4.15. The number of benzene rings is 2.